The highest BCUT2D eigenvalue weighted by atomic mass is 16.6. The third-order valence-electron chi connectivity index (χ3n) is 2.01. The van der Waals surface area contributed by atoms with E-state index < -0.39 is 30.7 Å². The van der Waals surface area contributed by atoms with Crippen molar-refractivity contribution in [2.45, 2.75) is 30.7 Å². The van der Waals surface area contributed by atoms with E-state index in [0.29, 0.717) is 0 Å². The van der Waals surface area contributed by atoms with Gasteiger partial charge in [-0.15, -0.1) is 0 Å². The van der Waals surface area contributed by atoms with Crippen LogP contribution in [-0.2, 0) is 4.74 Å². The Morgan fingerprint density at radius 1 is 1.14 bits per heavy atom. The minimum atomic E-state index is -1.59. The molecule has 80 valence electrons. The molecule has 14 heavy (non-hydrogen) atoms. The quantitative estimate of drug-likeness (QED) is 0.237. The number of rotatable bonds is 2. The van der Waals surface area contributed by atoms with E-state index in [9.17, 15) is 10.2 Å². The molecule has 8 nitrogen and oxygen atoms in total. The molecule has 4 N–H and O–H groups in total. The lowest BCUT2D eigenvalue weighted by Crippen LogP contribution is -2.58. The Kier molecular flexibility index (Phi) is 3.64. The van der Waals surface area contributed by atoms with E-state index >= 15 is 0 Å². The molecule has 3 unspecified atom stereocenters. The van der Waals surface area contributed by atoms with Crippen molar-refractivity contribution in [3.05, 3.63) is 10.4 Å². The molecule has 0 aromatic rings. The van der Waals surface area contributed by atoms with E-state index in [0.717, 1.165) is 0 Å². The molecule has 1 aliphatic rings. The second-order valence-electron chi connectivity index (χ2n) is 2.95. The first-order valence-corrected chi connectivity index (χ1v) is 3.96. The Balaban J connectivity index is 2.64. The minimum absolute atomic E-state index is 0.224. The molecule has 5 atom stereocenters. The summed E-state index contributed by atoms with van der Waals surface area (Å²) in [7, 11) is 0. The third-order valence-corrected chi connectivity index (χ3v) is 2.01. The molecule has 0 aliphatic carbocycles. The van der Waals surface area contributed by atoms with E-state index in [1.54, 1.807) is 0 Å². The zero-order valence-corrected chi connectivity index (χ0v) is 7.13. The zero-order chi connectivity index (χ0) is 10.7. The van der Waals surface area contributed by atoms with Gasteiger partial charge >= 0.3 is 0 Å². The topological polar surface area (TPSA) is 139 Å². The van der Waals surface area contributed by atoms with Gasteiger partial charge in [-0.05, 0) is 5.53 Å². The number of nitrogens with zero attached hydrogens (tertiary/aromatic N) is 3. The highest BCUT2D eigenvalue weighted by Gasteiger charge is 2.42. The third kappa shape index (κ3) is 2.13. The van der Waals surface area contributed by atoms with Crippen LogP contribution in [0.3, 0.4) is 0 Å². The summed E-state index contributed by atoms with van der Waals surface area (Å²) < 4.78 is 4.71. The molecule has 0 aromatic carbocycles. The molecule has 1 aliphatic heterocycles. The lowest BCUT2D eigenvalue weighted by Gasteiger charge is -2.37. The van der Waals surface area contributed by atoms with E-state index in [4.69, 9.17) is 20.5 Å². The van der Waals surface area contributed by atoms with E-state index in [-0.39, 0.29) is 6.54 Å². The van der Waals surface area contributed by atoms with Crippen LogP contribution in [0.25, 0.3) is 10.4 Å². The van der Waals surface area contributed by atoms with Gasteiger partial charge in [0.1, 0.15) is 18.3 Å². The summed E-state index contributed by atoms with van der Waals surface area (Å²) in [5.74, 6) is 0. The van der Waals surface area contributed by atoms with Gasteiger partial charge in [-0.2, -0.15) is 0 Å². The predicted octanol–water partition coefficient (Wildman–Crippen LogP) is -1.90. The first-order valence-electron chi connectivity index (χ1n) is 3.96. The van der Waals surface area contributed by atoms with Crippen molar-refractivity contribution in [2.75, 3.05) is 6.54 Å². The predicted molar refractivity (Wildman–Crippen MR) is 42.9 cm³/mol. The van der Waals surface area contributed by atoms with Crippen LogP contribution in [-0.4, -0.2) is 57.7 Å². The van der Waals surface area contributed by atoms with Gasteiger partial charge in [-0.1, -0.05) is 5.11 Å². The Bertz CT molecular complexity index is 244. The molecule has 1 rings (SSSR count). The number of aliphatic hydroxyl groups is 4. The summed E-state index contributed by atoms with van der Waals surface area (Å²) in [5.41, 5.74) is 8.01. The lowest BCUT2D eigenvalue weighted by atomic mass is 9.99. The smallest absolute Gasteiger partial charge is 0.183 e. The van der Waals surface area contributed by atoms with Crippen LogP contribution in [0.1, 0.15) is 0 Å². The van der Waals surface area contributed by atoms with E-state index in [1.807, 2.05) is 0 Å². The zero-order valence-electron chi connectivity index (χ0n) is 7.13. The fourth-order valence-electron chi connectivity index (χ4n) is 1.20. The van der Waals surface area contributed by atoms with Crippen LogP contribution in [0.5, 0.6) is 0 Å². The lowest BCUT2D eigenvalue weighted by molar-refractivity contribution is -0.279. The molecule has 0 bridgehead atoms. The second kappa shape index (κ2) is 4.56. The van der Waals surface area contributed by atoms with Crippen LogP contribution in [0.4, 0.5) is 0 Å². The van der Waals surface area contributed by atoms with Gasteiger partial charge in [0.25, 0.3) is 0 Å². The van der Waals surface area contributed by atoms with Crippen LogP contribution in [0.15, 0.2) is 5.11 Å². The highest BCUT2D eigenvalue weighted by Crippen LogP contribution is 2.19. The molecule has 1 fully saturated rings. The maximum Gasteiger partial charge on any atom is 0.183 e. The molecule has 0 aromatic heterocycles. The second-order valence-corrected chi connectivity index (χ2v) is 2.95. The Labute approximate surface area is 79.0 Å². The van der Waals surface area contributed by atoms with Gasteiger partial charge in [-0.3, -0.25) is 0 Å². The van der Waals surface area contributed by atoms with E-state index in [2.05, 4.69) is 10.0 Å². The number of hydrogen-bond donors (Lipinski definition) is 4. The fraction of sp³-hybridized carbons (Fsp3) is 1.00. The molecular weight excluding hydrogens is 194 g/mol. The first kappa shape index (κ1) is 11.2. The molecule has 0 amide bonds. The average Bonchev–Trinajstić information content (AvgIpc) is 2.18. The van der Waals surface area contributed by atoms with Crippen molar-refractivity contribution in [1.29, 1.82) is 0 Å². The standard InChI is InChI=1S/C6H11N3O5/c7-9-8-1-2-3(10)4(11)5(12)6(13)14-2/h2-6,10-13H,1H2/t2?,3-,4?,5?,6-/m1/s1. The SMILES string of the molecule is [N-]=[N+]=NCC1O[C@@H](O)C(O)C(O)[C@@H]1O. The fourth-order valence-corrected chi connectivity index (χ4v) is 1.20. The van der Waals surface area contributed by atoms with Gasteiger partial charge in [0.05, 0.1) is 12.6 Å². The van der Waals surface area contributed by atoms with Crippen molar-refractivity contribution in [2.24, 2.45) is 5.11 Å². The summed E-state index contributed by atoms with van der Waals surface area (Å²) in [6, 6.07) is 0. The average molecular weight is 205 g/mol. The summed E-state index contributed by atoms with van der Waals surface area (Å²) in [6.07, 6.45) is -7.07. The van der Waals surface area contributed by atoms with Gasteiger partial charge in [-0.25, -0.2) is 0 Å². The van der Waals surface area contributed by atoms with Crippen LogP contribution in [0, 0.1) is 0 Å². The van der Waals surface area contributed by atoms with Gasteiger partial charge < -0.3 is 25.2 Å². The summed E-state index contributed by atoms with van der Waals surface area (Å²) in [4.78, 5) is 2.44. The highest BCUT2D eigenvalue weighted by molar-refractivity contribution is 4.89. The van der Waals surface area contributed by atoms with Gasteiger partial charge in [0, 0.05) is 4.91 Å². The van der Waals surface area contributed by atoms with Crippen molar-refractivity contribution < 1.29 is 25.2 Å². The Hall–Kier alpha value is -0.890. The van der Waals surface area contributed by atoms with Crippen LogP contribution < -0.4 is 0 Å². The molecule has 1 saturated heterocycles. The van der Waals surface area contributed by atoms with Crippen molar-refractivity contribution >= 4 is 0 Å². The molecule has 1 heterocycles. The van der Waals surface area contributed by atoms with Crippen LogP contribution in [0.2, 0.25) is 0 Å². The normalized spacial score (nSPS) is 43.0. The number of aliphatic hydroxyl groups excluding tert-OH is 4. The van der Waals surface area contributed by atoms with Crippen molar-refractivity contribution in [3.8, 4) is 0 Å². The molecule has 0 radical (unpaired) electrons. The number of azide groups is 1. The van der Waals surface area contributed by atoms with Crippen molar-refractivity contribution in [3.63, 3.8) is 0 Å². The summed E-state index contributed by atoms with van der Waals surface area (Å²) in [5, 5.41) is 39.8. The minimum Gasteiger partial charge on any atom is -0.388 e. The molecule has 0 saturated carbocycles. The number of ether oxygens (including phenoxy) is 1. The number of hydrogen-bond acceptors (Lipinski definition) is 6. The van der Waals surface area contributed by atoms with Gasteiger partial charge in [0.15, 0.2) is 6.29 Å². The molecule has 0 spiro atoms. The van der Waals surface area contributed by atoms with Crippen LogP contribution >= 0.6 is 0 Å². The van der Waals surface area contributed by atoms with Crippen molar-refractivity contribution in [1.82, 2.24) is 0 Å². The van der Waals surface area contributed by atoms with Gasteiger partial charge in [0.2, 0.25) is 0 Å². The maximum absolute atomic E-state index is 9.32. The largest absolute Gasteiger partial charge is 0.388 e. The first-order chi connectivity index (χ1) is 6.57. The monoisotopic (exact) mass is 205 g/mol. The summed E-state index contributed by atoms with van der Waals surface area (Å²) in [6.45, 7) is -0.224. The summed E-state index contributed by atoms with van der Waals surface area (Å²) >= 11 is 0. The van der Waals surface area contributed by atoms with E-state index in [1.165, 1.54) is 0 Å². The molecular formula is C6H11N3O5. The Morgan fingerprint density at radius 2 is 1.79 bits per heavy atom. The molecule has 8 heteroatoms. The Morgan fingerprint density at radius 3 is 2.36 bits per heavy atom. The maximum atomic E-state index is 9.32.